The zero-order valence-corrected chi connectivity index (χ0v) is 14.1. The van der Waals surface area contributed by atoms with E-state index in [1.165, 1.54) is 7.11 Å². The maximum Gasteiger partial charge on any atom is 0.240 e. The molecule has 1 aromatic rings. The maximum atomic E-state index is 12.7. The molecule has 0 unspecified atom stereocenters. The Morgan fingerprint density at radius 3 is 2.30 bits per heavy atom. The molecule has 1 aliphatic carbocycles. The highest BCUT2D eigenvalue weighted by atomic mass is 16.5. The molecule has 0 heterocycles. The number of carbonyl (C=O) groups is 2. The third-order valence-electron chi connectivity index (χ3n) is 4.30. The van der Waals surface area contributed by atoms with Gasteiger partial charge in [-0.3, -0.25) is 9.59 Å². The number of benzene rings is 1. The fourth-order valence-corrected chi connectivity index (χ4v) is 2.62. The molecule has 0 bridgehead atoms. The van der Waals surface area contributed by atoms with Gasteiger partial charge in [0.25, 0.3) is 0 Å². The van der Waals surface area contributed by atoms with E-state index in [9.17, 15) is 9.59 Å². The van der Waals surface area contributed by atoms with Crippen LogP contribution in [0.1, 0.15) is 26.7 Å². The van der Waals surface area contributed by atoms with Gasteiger partial charge in [-0.25, -0.2) is 0 Å². The van der Waals surface area contributed by atoms with Crippen molar-refractivity contribution < 1.29 is 19.1 Å². The van der Waals surface area contributed by atoms with Crippen LogP contribution in [0.4, 0.5) is 5.69 Å². The second kappa shape index (κ2) is 6.89. The number of amides is 2. The van der Waals surface area contributed by atoms with Crippen molar-refractivity contribution >= 4 is 17.5 Å². The van der Waals surface area contributed by atoms with Gasteiger partial charge in [0, 0.05) is 19.2 Å². The predicted molar refractivity (Wildman–Crippen MR) is 87.8 cm³/mol. The molecule has 23 heavy (non-hydrogen) atoms. The summed E-state index contributed by atoms with van der Waals surface area (Å²) in [5.41, 5.74) is -0.381. The molecule has 0 aromatic heterocycles. The molecule has 6 heteroatoms. The van der Waals surface area contributed by atoms with Crippen molar-refractivity contribution in [3.05, 3.63) is 18.2 Å². The van der Waals surface area contributed by atoms with Crippen molar-refractivity contribution in [3.63, 3.8) is 0 Å². The van der Waals surface area contributed by atoms with Crippen LogP contribution >= 0.6 is 0 Å². The molecule has 1 N–H and O–H groups in total. The summed E-state index contributed by atoms with van der Waals surface area (Å²) >= 11 is 0. The van der Waals surface area contributed by atoms with Crippen LogP contribution in [0, 0.1) is 5.41 Å². The van der Waals surface area contributed by atoms with Crippen molar-refractivity contribution in [1.82, 2.24) is 4.90 Å². The summed E-state index contributed by atoms with van der Waals surface area (Å²) in [5, 5.41) is 2.83. The van der Waals surface area contributed by atoms with Gasteiger partial charge in [0.15, 0.2) is 0 Å². The van der Waals surface area contributed by atoms with E-state index in [4.69, 9.17) is 9.47 Å². The van der Waals surface area contributed by atoms with Crippen molar-refractivity contribution in [3.8, 4) is 11.5 Å². The number of hydrogen-bond donors (Lipinski definition) is 1. The van der Waals surface area contributed by atoms with E-state index in [1.54, 1.807) is 30.2 Å². The molecule has 1 fully saturated rings. The van der Waals surface area contributed by atoms with Crippen molar-refractivity contribution in [2.24, 2.45) is 5.41 Å². The van der Waals surface area contributed by atoms with Crippen LogP contribution < -0.4 is 14.8 Å². The van der Waals surface area contributed by atoms with Gasteiger partial charge in [0.05, 0.1) is 19.9 Å². The quantitative estimate of drug-likeness (QED) is 0.783. The van der Waals surface area contributed by atoms with E-state index in [0.717, 1.165) is 0 Å². The zero-order chi connectivity index (χ0) is 17.0. The third-order valence-corrected chi connectivity index (χ3v) is 4.30. The smallest absolute Gasteiger partial charge is 0.240 e. The van der Waals surface area contributed by atoms with Crippen LogP contribution in [0.5, 0.6) is 11.5 Å². The Balaban J connectivity index is 2.17. The average molecular weight is 320 g/mol. The first-order valence-electron chi connectivity index (χ1n) is 7.85. The lowest BCUT2D eigenvalue weighted by Crippen LogP contribution is -2.42. The Hall–Kier alpha value is -2.24. The Bertz CT molecular complexity index is 592. The van der Waals surface area contributed by atoms with E-state index < -0.39 is 5.41 Å². The van der Waals surface area contributed by atoms with E-state index in [1.807, 2.05) is 13.8 Å². The average Bonchev–Trinajstić information content (AvgIpc) is 3.38. The molecule has 1 aliphatic rings. The first-order valence-corrected chi connectivity index (χ1v) is 7.85. The largest absolute Gasteiger partial charge is 0.497 e. The lowest BCUT2D eigenvalue weighted by Gasteiger charge is -2.24. The molecule has 2 amide bonds. The highest BCUT2D eigenvalue weighted by molar-refractivity contribution is 6.13. The molecule has 0 aliphatic heterocycles. The van der Waals surface area contributed by atoms with Gasteiger partial charge < -0.3 is 19.7 Å². The topological polar surface area (TPSA) is 67.9 Å². The van der Waals surface area contributed by atoms with Crippen LogP contribution in [0.25, 0.3) is 0 Å². The summed E-state index contributed by atoms with van der Waals surface area (Å²) in [5.74, 6) is 0.786. The molecule has 0 spiro atoms. The molecule has 1 saturated carbocycles. The van der Waals surface area contributed by atoms with E-state index in [2.05, 4.69) is 5.32 Å². The SMILES string of the molecule is CCN(CC)C(=O)C1(C(=O)Nc2ccc(OC)cc2OC)CC1. The molecule has 6 nitrogen and oxygen atoms in total. The number of ether oxygens (including phenoxy) is 2. The monoisotopic (exact) mass is 320 g/mol. The van der Waals surface area contributed by atoms with Gasteiger partial charge in [-0.1, -0.05) is 0 Å². The highest BCUT2D eigenvalue weighted by Crippen LogP contribution is 2.48. The lowest BCUT2D eigenvalue weighted by molar-refractivity contribution is -0.141. The first-order chi connectivity index (χ1) is 11.0. The molecular weight excluding hydrogens is 296 g/mol. The minimum atomic E-state index is -0.920. The van der Waals surface area contributed by atoms with Gasteiger partial charge in [-0.15, -0.1) is 0 Å². The molecule has 1 aromatic carbocycles. The van der Waals surface area contributed by atoms with Gasteiger partial charge in [0.2, 0.25) is 11.8 Å². The number of carbonyl (C=O) groups excluding carboxylic acids is 2. The number of rotatable bonds is 7. The zero-order valence-electron chi connectivity index (χ0n) is 14.1. The Kier molecular flexibility index (Phi) is 5.13. The minimum Gasteiger partial charge on any atom is -0.497 e. The fourth-order valence-electron chi connectivity index (χ4n) is 2.62. The first kappa shape index (κ1) is 17.1. The molecule has 0 atom stereocenters. The summed E-state index contributed by atoms with van der Waals surface area (Å²) in [6, 6.07) is 5.15. The van der Waals surface area contributed by atoms with Crippen molar-refractivity contribution in [2.45, 2.75) is 26.7 Å². The third kappa shape index (κ3) is 3.25. The summed E-state index contributed by atoms with van der Waals surface area (Å²) < 4.78 is 10.4. The number of nitrogens with zero attached hydrogens (tertiary/aromatic N) is 1. The molecule has 0 saturated heterocycles. The van der Waals surface area contributed by atoms with Crippen LogP contribution in [-0.2, 0) is 9.59 Å². The van der Waals surface area contributed by atoms with Crippen LogP contribution in [0.2, 0.25) is 0 Å². The predicted octanol–water partition coefficient (Wildman–Crippen LogP) is 2.29. The lowest BCUT2D eigenvalue weighted by atomic mass is 10.0. The molecule has 126 valence electrons. The Labute approximate surface area is 136 Å². The van der Waals surface area contributed by atoms with Crippen molar-refractivity contribution in [1.29, 1.82) is 0 Å². The van der Waals surface area contributed by atoms with Gasteiger partial charge in [-0.05, 0) is 38.8 Å². The Morgan fingerprint density at radius 1 is 1.17 bits per heavy atom. The van der Waals surface area contributed by atoms with E-state index >= 15 is 0 Å². The summed E-state index contributed by atoms with van der Waals surface area (Å²) in [7, 11) is 3.09. The van der Waals surface area contributed by atoms with Gasteiger partial charge >= 0.3 is 0 Å². The minimum absolute atomic E-state index is 0.0903. The van der Waals surface area contributed by atoms with Crippen LogP contribution in [0.15, 0.2) is 18.2 Å². The van der Waals surface area contributed by atoms with E-state index in [0.29, 0.717) is 43.1 Å². The number of methoxy groups -OCH3 is 2. The number of hydrogen-bond acceptors (Lipinski definition) is 4. The Morgan fingerprint density at radius 2 is 1.83 bits per heavy atom. The standard InChI is InChI=1S/C17H24N2O4/c1-5-19(6-2)16(21)17(9-10-17)15(20)18-13-8-7-12(22-3)11-14(13)23-4/h7-8,11H,5-6,9-10H2,1-4H3,(H,18,20). The number of nitrogens with one attached hydrogen (secondary N) is 1. The second-order valence-corrected chi connectivity index (χ2v) is 5.58. The van der Waals surface area contributed by atoms with Crippen molar-refractivity contribution in [2.75, 3.05) is 32.6 Å². The second-order valence-electron chi connectivity index (χ2n) is 5.58. The van der Waals surface area contributed by atoms with Crippen LogP contribution in [-0.4, -0.2) is 44.0 Å². The molecular formula is C17H24N2O4. The van der Waals surface area contributed by atoms with Gasteiger partial charge in [0.1, 0.15) is 16.9 Å². The summed E-state index contributed by atoms with van der Waals surface area (Å²) in [6.07, 6.45) is 1.18. The maximum absolute atomic E-state index is 12.7. The van der Waals surface area contributed by atoms with E-state index in [-0.39, 0.29) is 11.8 Å². The fraction of sp³-hybridized carbons (Fsp3) is 0.529. The molecule has 2 rings (SSSR count). The van der Waals surface area contributed by atoms with Gasteiger partial charge in [-0.2, -0.15) is 0 Å². The number of anilines is 1. The van der Waals surface area contributed by atoms with Crippen LogP contribution in [0.3, 0.4) is 0 Å². The molecule has 0 radical (unpaired) electrons. The normalized spacial score (nSPS) is 14.8. The summed E-state index contributed by atoms with van der Waals surface area (Å²) in [6.45, 7) is 5.05. The summed E-state index contributed by atoms with van der Waals surface area (Å²) in [4.78, 5) is 26.9. The highest BCUT2D eigenvalue weighted by Gasteiger charge is 2.57.